The number of halogens is 3. The van der Waals surface area contributed by atoms with Crippen molar-refractivity contribution in [2.24, 2.45) is 0 Å². The number of rotatable bonds is 2. The molecule has 2 fully saturated rings. The van der Waals surface area contributed by atoms with Crippen LogP contribution in [0.1, 0.15) is 12.5 Å². The molecule has 124 valence electrons. The first-order valence-corrected chi connectivity index (χ1v) is 6.91. The minimum absolute atomic E-state index is 0.0356. The Labute approximate surface area is 129 Å². The zero-order valence-corrected chi connectivity index (χ0v) is 12.1. The number of carbonyl (C=O) groups excluding carboxylic acids is 2. The molecule has 2 aliphatic rings. The van der Waals surface area contributed by atoms with E-state index in [4.69, 9.17) is 4.74 Å². The molecule has 0 spiro atoms. The largest absolute Gasteiger partial charge is 0.447 e. The minimum atomic E-state index is -4.68. The van der Waals surface area contributed by atoms with Crippen LogP contribution in [0.15, 0.2) is 18.2 Å². The fourth-order valence-electron chi connectivity index (χ4n) is 2.58. The van der Waals surface area contributed by atoms with Gasteiger partial charge in [-0.15, -0.1) is 0 Å². The lowest BCUT2D eigenvalue weighted by atomic mass is 10.1. The standard InChI is InChI=1S/C14H13F3N2O4/c1-8-7-19(13(21)23-8)9-2-3-11(10(6-9)14(15,16)17)18-4-5-22-12(18)20/h2-3,6,8H,4-5,7H2,1H3. The van der Waals surface area contributed by atoms with Crippen molar-refractivity contribution in [1.82, 2.24) is 0 Å². The summed E-state index contributed by atoms with van der Waals surface area (Å²) < 4.78 is 49.7. The molecule has 1 unspecified atom stereocenters. The maximum Gasteiger partial charge on any atom is 0.418 e. The van der Waals surface area contributed by atoms with E-state index in [9.17, 15) is 22.8 Å². The fourth-order valence-corrected chi connectivity index (χ4v) is 2.58. The highest BCUT2D eigenvalue weighted by Gasteiger charge is 2.39. The van der Waals surface area contributed by atoms with E-state index in [0.717, 1.165) is 15.9 Å². The van der Waals surface area contributed by atoms with Crippen LogP contribution in [0.4, 0.5) is 34.1 Å². The van der Waals surface area contributed by atoms with E-state index in [-0.39, 0.29) is 31.1 Å². The first kappa shape index (κ1) is 15.4. The molecule has 0 N–H and O–H groups in total. The average molecular weight is 330 g/mol. The summed E-state index contributed by atoms with van der Waals surface area (Å²) in [6, 6.07) is 3.37. The molecule has 1 aromatic rings. The summed E-state index contributed by atoms with van der Waals surface area (Å²) in [5.74, 6) is 0. The molecule has 0 saturated carbocycles. The fraction of sp³-hybridized carbons (Fsp3) is 0.429. The van der Waals surface area contributed by atoms with Gasteiger partial charge in [0.15, 0.2) is 0 Å². The van der Waals surface area contributed by atoms with Crippen molar-refractivity contribution in [3.8, 4) is 0 Å². The van der Waals surface area contributed by atoms with Gasteiger partial charge in [0, 0.05) is 5.69 Å². The van der Waals surface area contributed by atoms with Gasteiger partial charge in [-0.05, 0) is 25.1 Å². The molecule has 3 rings (SSSR count). The SMILES string of the molecule is CC1CN(c2ccc(N3CCOC3=O)c(C(F)(F)F)c2)C(=O)O1. The van der Waals surface area contributed by atoms with Gasteiger partial charge in [-0.25, -0.2) is 9.59 Å². The van der Waals surface area contributed by atoms with E-state index in [1.54, 1.807) is 6.92 Å². The Kier molecular flexibility index (Phi) is 3.57. The summed E-state index contributed by atoms with van der Waals surface area (Å²) >= 11 is 0. The molecule has 9 heteroatoms. The van der Waals surface area contributed by atoms with Crippen LogP contribution in [0, 0.1) is 0 Å². The van der Waals surface area contributed by atoms with Crippen LogP contribution in [0.5, 0.6) is 0 Å². The van der Waals surface area contributed by atoms with E-state index in [2.05, 4.69) is 4.74 Å². The normalized spacial score (nSPS) is 21.7. The summed E-state index contributed by atoms with van der Waals surface area (Å²) in [6.45, 7) is 1.90. The van der Waals surface area contributed by atoms with E-state index in [0.29, 0.717) is 0 Å². The van der Waals surface area contributed by atoms with Crippen LogP contribution in [0.25, 0.3) is 0 Å². The summed E-state index contributed by atoms with van der Waals surface area (Å²) in [5, 5.41) is 0. The molecule has 2 amide bonds. The van der Waals surface area contributed by atoms with Crippen LogP contribution in [0.3, 0.4) is 0 Å². The maximum atomic E-state index is 13.4. The van der Waals surface area contributed by atoms with Gasteiger partial charge >= 0.3 is 18.4 Å². The minimum Gasteiger partial charge on any atom is -0.447 e. The van der Waals surface area contributed by atoms with Crippen molar-refractivity contribution in [2.45, 2.75) is 19.2 Å². The molecule has 2 heterocycles. The van der Waals surface area contributed by atoms with Crippen LogP contribution in [-0.2, 0) is 15.7 Å². The first-order valence-electron chi connectivity index (χ1n) is 6.91. The van der Waals surface area contributed by atoms with E-state index < -0.39 is 30.0 Å². The zero-order valence-electron chi connectivity index (χ0n) is 12.1. The summed E-state index contributed by atoms with van der Waals surface area (Å²) in [4.78, 5) is 25.3. The second-order valence-electron chi connectivity index (χ2n) is 5.27. The molecule has 0 radical (unpaired) electrons. The Morgan fingerprint density at radius 2 is 1.91 bits per heavy atom. The van der Waals surface area contributed by atoms with Crippen molar-refractivity contribution in [3.63, 3.8) is 0 Å². The van der Waals surface area contributed by atoms with Gasteiger partial charge in [-0.1, -0.05) is 0 Å². The molecule has 23 heavy (non-hydrogen) atoms. The third-order valence-corrected chi connectivity index (χ3v) is 3.61. The molecular weight excluding hydrogens is 317 g/mol. The maximum absolute atomic E-state index is 13.4. The zero-order chi connectivity index (χ0) is 16.8. The Morgan fingerprint density at radius 1 is 1.17 bits per heavy atom. The van der Waals surface area contributed by atoms with Crippen LogP contribution in [-0.4, -0.2) is 38.0 Å². The van der Waals surface area contributed by atoms with Crippen molar-refractivity contribution >= 4 is 23.6 Å². The smallest absolute Gasteiger partial charge is 0.418 e. The lowest BCUT2D eigenvalue weighted by molar-refractivity contribution is -0.137. The van der Waals surface area contributed by atoms with Crippen LogP contribution < -0.4 is 9.80 Å². The van der Waals surface area contributed by atoms with Crippen molar-refractivity contribution in [1.29, 1.82) is 0 Å². The van der Waals surface area contributed by atoms with E-state index in [1.807, 2.05) is 0 Å². The molecule has 6 nitrogen and oxygen atoms in total. The number of alkyl halides is 3. The number of cyclic esters (lactones) is 2. The second kappa shape index (κ2) is 5.32. The summed E-state index contributed by atoms with van der Waals surface area (Å²) in [5.41, 5.74) is -1.21. The van der Waals surface area contributed by atoms with Gasteiger partial charge in [-0.3, -0.25) is 9.80 Å². The van der Waals surface area contributed by atoms with Crippen LogP contribution in [0.2, 0.25) is 0 Å². The van der Waals surface area contributed by atoms with E-state index in [1.165, 1.54) is 12.1 Å². The van der Waals surface area contributed by atoms with Gasteiger partial charge in [0.2, 0.25) is 0 Å². The van der Waals surface area contributed by atoms with Crippen LogP contribution >= 0.6 is 0 Å². The lowest BCUT2D eigenvalue weighted by Crippen LogP contribution is -2.28. The van der Waals surface area contributed by atoms with Crippen molar-refractivity contribution in [2.75, 3.05) is 29.5 Å². The third-order valence-electron chi connectivity index (χ3n) is 3.61. The average Bonchev–Trinajstić information content (AvgIpc) is 3.03. The van der Waals surface area contributed by atoms with Gasteiger partial charge < -0.3 is 9.47 Å². The molecule has 0 aromatic heterocycles. The molecule has 2 aliphatic heterocycles. The van der Waals surface area contributed by atoms with Crippen molar-refractivity contribution < 1.29 is 32.2 Å². The topological polar surface area (TPSA) is 59.1 Å². The lowest BCUT2D eigenvalue weighted by Gasteiger charge is -2.22. The number of anilines is 2. The third kappa shape index (κ3) is 2.78. The number of hydrogen-bond donors (Lipinski definition) is 0. The predicted molar refractivity (Wildman–Crippen MR) is 73.4 cm³/mol. The Balaban J connectivity index is 2.02. The molecular formula is C14H13F3N2O4. The van der Waals surface area contributed by atoms with Gasteiger partial charge in [0.1, 0.15) is 12.7 Å². The van der Waals surface area contributed by atoms with Crippen molar-refractivity contribution in [3.05, 3.63) is 23.8 Å². The van der Waals surface area contributed by atoms with Gasteiger partial charge in [0.05, 0.1) is 24.3 Å². The highest BCUT2D eigenvalue weighted by atomic mass is 19.4. The molecule has 0 bridgehead atoms. The number of ether oxygens (including phenoxy) is 2. The summed E-state index contributed by atoms with van der Waals surface area (Å²) in [7, 11) is 0. The Morgan fingerprint density at radius 3 is 2.43 bits per heavy atom. The molecule has 2 saturated heterocycles. The number of benzene rings is 1. The first-order chi connectivity index (χ1) is 10.8. The monoisotopic (exact) mass is 330 g/mol. The second-order valence-corrected chi connectivity index (χ2v) is 5.27. The van der Waals surface area contributed by atoms with Gasteiger partial charge in [0.25, 0.3) is 0 Å². The number of nitrogens with zero attached hydrogens (tertiary/aromatic N) is 2. The molecule has 1 atom stereocenters. The Hall–Kier alpha value is -2.45. The van der Waals surface area contributed by atoms with E-state index >= 15 is 0 Å². The highest BCUT2D eigenvalue weighted by Crippen LogP contribution is 2.40. The molecule has 1 aromatic carbocycles. The summed E-state index contributed by atoms with van der Waals surface area (Å²) in [6.07, 6.45) is -6.59. The predicted octanol–water partition coefficient (Wildman–Crippen LogP) is 3.01. The molecule has 0 aliphatic carbocycles. The van der Waals surface area contributed by atoms with Gasteiger partial charge in [-0.2, -0.15) is 13.2 Å². The quantitative estimate of drug-likeness (QED) is 0.836. The number of hydrogen-bond acceptors (Lipinski definition) is 4. The Bertz CT molecular complexity index is 662. The number of amides is 2. The number of carbonyl (C=O) groups is 2. The highest BCUT2D eigenvalue weighted by molar-refractivity contribution is 5.93.